The molecule has 0 spiro atoms. The molecule has 6 heteroatoms. The van der Waals surface area contributed by atoms with Crippen LogP contribution < -0.4 is 5.32 Å². The molecular formula is C7H13NO4S. The Kier molecular flexibility index (Phi) is 5.29. The lowest BCUT2D eigenvalue weighted by molar-refractivity contribution is -0.140. The van der Waals surface area contributed by atoms with Crippen molar-refractivity contribution >= 4 is 22.7 Å². The van der Waals surface area contributed by atoms with Crippen LogP contribution in [0.4, 0.5) is 0 Å². The number of carboxylic acids is 1. The van der Waals surface area contributed by atoms with Crippen molar-refractivity contribution < 1.29 is 18.9 Å². The van der Waals surface area contributed by atoms with Crippen molar-refractivity contribution in [1.82, 2.24) is 5.32 Å². The van der Waals surface area contributed by atoms with Crippen LogP contribution in [0, 0.1) is 5.92 Å². The number of hydrogen-bond acceptors (Lipinski definition) is 3. The number of nitrogens with one attached hydrogen (secondary N) is 1. The second-order valence-electron chi connectivity index (χ2n) is 2.66. The van der Waals surface area contributed by atoms with E-state index in [2.05, 4.69) is 5.32 Å². The van der Waals surface area contributed by atoms with E-state index in [1.165, 1.54) is 14.0 Å². The fraction of sp³-hybridized carbons (Fsp3) is 0.714. The van der Waals surface area contributed by atoms with E-state index in [9.17, 15) is 13.8 Å². The normalized spacial score (nSPS) is 14.6. The third kappa shape index (κ3) is 5.35. The number of aliphatic carboxylic acids is 1. The van der Waals surface area contributed by atoms with Crippen LogP contribution in [-0.2, 0) is 20.4 Å². The molecule has 0 aliphatic carbocycles. The zero-order valence-corrected chi connectivity index (χ0v) is 8.39. The van der Waals surface area contributed by atoms with Crippen molar-refractivity contribution in [2.75, 3.05) is 18.6 Å². The van der Waals surface area contributed by atoms with Crippen LogP contribution in [0.25, 0.3) is 0 Å². The molecular weight excluding hydrogens is 194 g/mol. The van der Waals surface area contributed by atoms with E-state index >= 15 is 0 Å². The zero-order valence-electron chi connectivity index (χ0n) is 7.57. The molecule has 2 atom stereocenters. The fourth-order valence-electron chi connectivity index (χ4n) is 0.627. The maximum Gasteiger partial charge on any atom is 0.307 e. The van der Waals surface area contributed by atoms with E-state index in [0.29, 0.717) is 0 Å². The number of carbonyl (C=O) groups excluding carboxylic acids is 1. The van der Waals surface area contributed by atoms with Crippen molar-refractivity contribution in [2.24, 2.45) is 5.92 Å². The molecule has 0 aromatic carbocycles. The van der Waals surface area contributed by atoms with Gasteiger partial charge in [0.05, 0.1) is 5.92 Å². The summed E-state index contributed by atoms with van der Waals surface area (Å²) < 4.78 is 11.1. The summed E-state index contributed by atoms with van der Waals surface area (Å²) >= 11 is 0. The molecule has 0 rings (SSSR count). The lowest BCUT2D eigenvalue weighted by atomic mass is 10.2. The minimum Gasteiger partial charge on any atom is -0.481 e. The number of carboxylic acid groups (broad SMARTS) is 1. The van der Waals surface area contributed by atoms with Gasteiger partial charge in [0.1, 0.15) is 5.75 Å². The molecule has 0 aromatic rings. The average molecular weight is 207 g/mol. The molecule has 0 aromatic heterocycles. The largest absolute Gasteiger partial charge is 0.481 e. The van der Waals surface area contributed by atoms with Crippen molar-refractivity contribution in [3.63, 3.8) is 0 Å². The van der Waals surface area contributed by atoms with E-state index in [0.717, 1.165) is 0 Å². The zero-order chi connectivity index (χ0) is 10.4. The van der Waals surface area contributed by atoms with Gasteiger partial charge in [-0.2, -0.15) is 0 Å². The first kappa shape index (κ1) is 12.1. The topological polar surface area (TPSA) is 83.5 Å². The van der Waals surface area contributed by atoms with Gasteiger partial charge < -0.3 is 10.4 Å². The molecule has 0 saturated carbocycles. The predicted octanol–water partition coefficient (Wildman–Crippen LogP) is -0.798. The molecule has 0 heterocycles. The number of rotatable bonds is 5. The summed E-state index contributed by atoms with van der Waals surface area (Å²) in [7, 11) is 0.0511. The van der Waals surface area contributed by atoms with Crippen LogP contribution in [0.5, 0.6) is 0 Å². The molecule has 76 valence electrons. The fourth-order valence-corrected chi connectivity index (χ4v) is 1.88. The minimum atomic E-state index is -1.39. The van der Waals surface area contributed by atoms with E-state index in [4.69, 9.17) is 5.11 Å². The molecule has 0 aliphatic rings. The number of carbonyl (C=O) groups is 2. The minimum absolute atomic E-state index is 0.0166. The van der Waals surface area contributed by atoms with Crippen LogP contribution in [0.2, 0.25) is 0 Å². The summed E-state index contributed by atoms with van der Waals surface area (Å²) in [6, 6.07) is 0. The van der Waals surface area contributed by atoms with E-state index in [-0.39, 0.29) is 17.4 Å². The van der Waals surface area contributed by atoms with Gasteiger partial charge in [-0.05, 0) is 0 Å². The Morgan fingerprint density at radius 2 is 2.08 bits per heavy atom. The Morgan fingerprint density at radius 1 is 1.54 bits per heavy atom. The molecule has 0 fully saturated rings. The maximum atomic E-state index is 11.1. The lowest BCUT2D eigenvalue weighted by Crippen LogP contribution is -2.27. The Bertz CT molecular complexity index is 229. The van der Waals surface area contributed by atoms with Crippen LogP contribution >= 0.6 is 0 Å². The van der Waals surface area contributed by atoms with Gasteiger partial charge in [-0.15, -0.1) is 0 Å². The van der Waals surface area contributed by atoms with Gasteiger partial charge in [0.15, 0.2) is 0 Å². The summed E-state index contributed by atoms with van der Waals surface area (Å²) in [6.07, 6.45) is 0. The van der Waals surface area contributed by atoms with E-state index < -0.39 is 22.7 Å². The first-order valence-electron chi connectivity index (χ1n) is 3.75. The summed E-state index contributed by atoms with van der Waals surface area (Å²) in [5.74, 6) is -2.12. The molecule has 1 amide bonds. The predicted molar refractivity (Wildman–Crippen MR) is 48.7 cm³/mol. The molecule has 0 bridgehead atoms. The van der Waals surface area contributed by atoms with Crippen molar-refractivity contribution in [3.8, 4) is 0 Å². The molecule has 0 radical (unpaired) electrons. The van der Waals surface area contributed by atoms with Gasteiger partial charge in [0.25, 0.3) is 0 Å². The number of amides is 1. The third-order valence-corrected chi connectivity index (χ3v) is 2.88. The van der Waals surface area contributed by atoms with E-state index in [1.807, 2.05) is 0 Å². The van der Waals surface area contributed by atoms with E-state index in [1.54, 1.807) is 0 Å². The quantitative estimate of drug-likeness (QED) is 0.618. The van der Waals surface area contributed by atoms with Gasteiger partial charge >= 0.3 is 5.97 Å². The Labute approximate surface area is 79.0 Å². The SMILES string of the molecule is CNC(=O)CS(=O)CC(C)C(=O)O. The van der Waals surface area contributed by atoms with Crippen LogP contribution in [0.15, 0.2) is 0 Å². The highest BCUT2D eigenvalue weighted by atomic mass is 32.2. The molecule has 13 heavy (non-hydrogen) atoms. The first-order valence-corrected chi connectivity index (χ1v) is 5.24. The maximum absolute atomic E-state index is 11.1. The molecule has 5 nitrogen and oxygen atoms in total. The Hall–Kier alpha value is -0.910. The van der Waals surface area contributed by atoms with Gasteiger partial charge in [-0.25, -0.2) is 0 Å². The Morgan fingerprint density at radius 3 is 2.46 bits per heavy atom. The highest BCUT2D eigenvalue weighted by molar-refractivity contribution is 7.85. The lowest BCUT2D eigenvalue weighted by Gasteiger charge is -2.04. The summed E-state index contributed by atoms with van der Waals surface area (Å²) in [5, 5.41) is 10.8. The van der Waals surface area contributed by atoms with Gasteiger partial charge in [-0.3, -0.25) is 13.8 Å². The van der Waals surface area contributed by atoms with Crippen molar-refractivity contribution in [1.29, 1.82) is 0 Å². The van der Waals surface area contributed by atoms with Crippen LogP contribution in [0.3, 0.4) is 0 Å². The molecule has 2 N–H and O–H groups in total. The van der Waals surface area contributed by atoms with Crippen molar-refractivity contribution in [3.05, 3.63) is 0 Å². The van der Waals surface area contributed by atoms with Crippen molar-refractivity contribution in [2.45, 2.75) is 6.92 Å². The second kappa shape index (κ2) is 5.69. The summed E-state index contributed by atoms with van der Waals surface area (Å²) in [5.41, 5.74) is 0. The molecule has 0 saturated heterocycles. The molecule has 0 aliphatic heterocycles. The van der Waals surface area contributed by atoms with Crippen LogP contribution in [-0.4, -0.2) is 39.7 Å². The monoisotopic (exact) mass is 207 g/mol. The first-order chi connectivity index (χ1) is 5.97. The van der Waals surface area contributed by atoms with Gasteiger partial charge in [0.2, 0.25) is 5.91 Å². The highest BCUT2D eigenvalue weighted by Crippen LogP contribution is 1.98. The van der Waals surface area contributed by atoms with Gasteiger partial charge in [0, 0.05) is 23.6 Å². The number of hydrogen-bond donors (Lipinski definition) is 2. The van der Waals surface area contributed by atoms with Crippen LogP contribution in [0.1, 0.15) is 6.92 Å². The smallest absolute Gasteiger partial charge is 0.307 e. The summed E-state index contributed by atoms with van der Waals surface area (Å²) in [4.78, 5) is 21.1. The summed E-state index contributed by atoms with van der Waals surface area (Å²) in [6.45, 7) is 1.46. The highest BCUT2D eigenvalue weighted by Gasteiger charge is 2.16. The van der Waals surface area contributed by atoms with Gasteiger partial charge in [-0.1, -0.05) is 6.92 Å². The Balaban J connectivity index is 3.88. The molecule has 2 unspecified atom stereocenters. The third-order valence-electron chi connectivity index (χ3n) is 1.43. The average Bonchev–Trinajstić information content (AvgIpc) is 2.03. The standard InChI is InChI=1S/C7H13NO4S/c1-5(7(10)11)3-13(12)4-6(9)8-2/h5H,3-4H2,1-2H3,(H,8,9)(H,10,11). The second-order valence-corrected chi connectivity index (χ2v) is 4.16.